The van der Waals surface area contributed by atoms with E-state index in [1.54, 1.807) is 0 Å². The Balaban J connectivity index is 2.23. The van der Waals surface area contributed by atoms with Crippen molar-refractivity contribution in [2.24, 2.45) is 5.41 Å². The van der Waals surface area contributed by atoms with E-state index >= 15 is 0 Å². The fourth-order valence-corrected chi connectivity index (χ4v) is 2.45. The van der Waals surface area contributed by atoms with Gasteiger partial charge < -0.3 is 4.90 Å². The van der Waals surface area contributed by atoms with Gasteiger partial charge in [0.2, 0.25) is 0 Å². The SMILES string of the molecule is Cc1c(Br)cccc1N1CC(C)(C)C1. The van der Waals surface area contributed by atoms with Gasteiger partial charge in [0.1, 0.15) is 0 Å². The van der Waals surface area contributed by atoms with Gasteiger partial charge in [-0.15, -0.1) is 0 Å². The first-order valence-corrected chi connectivity index (χ1v) is 5.79. The van der Waals surface area contributed by atoms with E-state index in [2.05, 4.69) is 59.8 Å². The molecule has 0 aromatic heterocycles. The monoisotopic (exact) mass is 253 g/mol. The standard InChI is InChI=1S/C12H16BrN/c1-9-10(13)5-4-6-11(9)14-7-12(2,3)8-14/h4-6H,7-8H2,1-3H3. The maximum Gasteiger partial charge on any atom is 0.0407 e. The van der Waals surface area contributed by atoms with Crippen LogP contribution in [-0.4, -0.2) is 13.1 Å². The molecule has 2 heteroatoms. The van der Waals surface area contributed by atoms with E-state index in [4.69, 9.17) is 0 Å². The molecule has 1 nitrogen and oxygen atoms in total. The van der Waals surface area contributed by atoms with E-state index in [1.165, 1.54) is 28.8 Å². The highest BCUT2D eigenvalue weighted by molar-refractivity contribution is 9.10. The summed E-state index contributed by atoms with van der Waals surface area (Å²) in [6.07, 6.45) is 0. The lowest BCUT2D eigenvalue weighted by molar-refractivity contribution is 0.276. The molecule has 0 aliphatic carbocycles. The van der Waals surface area contributed by atoms with Crippen molar-refractivity contribution in [3.8, 4) is 0 Å². The van der Waals surface area contributed by atoms with Crippen molar-refractivity contribution < 1.29 is 0 Å². The number of hydrogen-bond donors (Lipinski definition) is 0. The molecule has 0 unspecified atom stereocenters. The van der Waals surface area contributed by atoms with Gasteiger partial charge in [0, 0.05) is 23.2 Å². The molecule has 0 N–H and O–H groups in total. The van der Waals surface area contributed by atoms with Crippen molar-refractivity contribution in [2.75, 3.05) is 18.0 Å². The van der Waals surface area contributed by atoms with Gasteiger partial charge in [-0.1, -0.05) is 35.8 Å². The molecule has 0 bridgehead atoms. The van der Waals surface area contributed by atoms with E-state index in [9.17, 15) is 0 Å². The third-order valence-corrected chi connectivity index (χ3v) is 3.68. The predicted octanol–water partition coefficient (Wildman–Crippen LogP) is 3.60. The van der Waals surface area contributed by atoms with Gasteiger partial charge in [0.25, 0.3) is 0 Å². The van der Waals surface area contributed by atoms with Crippen molar-refractivity contribution in [3.63, 3.8) is 0 Å². The van der Waals surface area contributed by atoms with Gasteiger partial charge in [0.15, 0.2) is 0 Å². The second kappa shape index (κ2) is 3.27. The molecule has 1 aliphatic rings. The van der Waals surface area contributed by atoms with Crippen molar-refractivity contribution in [3.05, 3.63) is 28.2 Å². The zero-order valence-electron chi connectivity index (χ0n) is 8.97. The lowest BCUT2D eigenvalue weighted by Gasteiger charge is -2.48. The van der Waals surface area contributed by atoms with Crippen LogP contribution in [0.25, 0.3) is 0 Å². The summed E-state index contributed by atoms with van der Waals surface area (Å²) < 4.78 is 1.21. The summed E-state index contributed by atoms with van der Waals surface area (Å²) in [6, 6.07) is 6.41. The molecule has 14 heavy (non-hydrogen) atoms. The topological polar surface area (TPSA) is 3.24 Å². The minimum atomic E-state index is 0.495. The Morgan fingerprint density at radius 1 is 1.29 bits per heavy atom. The Morgan fingerprint density at radius 3 is 2.50 bits per heavy atom. The average Bonchev–Trinajstić information content (AvgIpc) is 2.06. The molecule has 1 heterocycles. The Morgan fingerprint density at radius 2 is 1.93 bits per heavy atom. The van der Waals surface area contributed by atoms with E-state index < -0.39 is 0 Å². The van der Waals surface area contributed by atoms with Gasteiger partial charge in [-0.3, -0.25) is 0 Å². The van der Waals surface area contributed by atoms with Gasteiger partial charge in [-0.2, -0.15) is 0 Å². The second-order valence-corrected chi connectivity index (χ2v) is 5.76. The number of rotatable bonds is 1. The Kier molecular flexibility index (Phi) is 2.34. The molecule has 1 aromatic carbocycles. The van der Waals surface area contributed by atoms with Gasteiger partial charge >= 0.3 is 0 Å². The van der Waals surface area contributed by atoms with Crippen LogP contribution in [0.15, 0.2) is 22.7 Å². The van der Waals surface area contributed by atoms with E-state index in [-0.39, 0.29) is 0 Å². The Bertz CT molecular complexity index is 349. The van der Waals surface area contributed by atoms with Crippen molar-refractivity contribution in [1.29, 1.82) is 0 Å². The van der Waals surface area contributed by atoms with E-state index in [0.29, 0.717) is 5.41 Å². The summed E-state index contributed by atoms with van der Waals surface area (Å²) in [5.74, 6) is 0. The molecule has 2 rings (SSSR count). The third kappa shape index (κ3) is 1.68. The number of benzene rings is 1. The number of halogens is 1. The van der Waals surface area contributed by atoms with Crippen LogP contribution in [0.5, 0.6) is 0 Å². The van der Waals surface area contributed by atoms with Crippen LogP contribution >= 0.6 is 15.9 Å². The van der Waals surface area contributed by atoms with E-state index in [1.807, 2.05) is 0 Å². The van der Waals surface area contributed by atoms with E-state index in [0.717, 1.165) is 0 Å². The zero-order valence-corrected chi connectivity index (χ0v) is 10.6. The first-order chi connectivity index (χ1) is 6.49. The maximum absolute atomic E-state index is 3.57. The number of hydrogen-bond acceptors (Lipinski definition) is 1. The molecular formula is C12H16BrN. The van der Waals surface area contributed by atoms with Gasteiger partial charge in [-0.05, 0) is 30.0 Å². The Hall–Kier alpha value is -0.500. The Labute approximate surface area is 94.2 Å². The van der Waals surface area contributed by atoms with Crippen LogP contribution in [0.1, 0.15) is 19.4 Å². The normalized spacial score (nSPS) is 19.3. The minimum absolute atomic E-state index is 0.495. The largest absolute Gasteiger partial charge is 0.370 e. The molecule has 76 valence electrons. The molecule has 0 amide bonds. The minimum Gasteiger partial charge on any atom is -0.370 e. The van der Waals surface area contributed by atoms with Crippen LogP contribution in [-0.2, 0) is 0 Å². The van der Waals surface area contributed by atoms with Crippen LogP contribution in [0.3, 0.4) is 0 Å². The maximum atomic E-state index is 3.57. The first kappa shape index (κ1) is 10.0. The molecule has 1 fully saturated rings. The molecule has 0 saturated carbocycles. The van der Waals surface area contributed by atoms with Crippen LogP contribution in [0.2, 0.25) is 0 Å². The van der Waals surface area contributed by atoms with Gasteiger partial charge in [-0.25, -0.2) is 0 Å². The summed E-state index contributed by atoms with van der Waals surface area (Å²) in [7, 11) is 0. The van der Waals surface area contributed by atoms with Gasteiger partial charge in [0.05, 0.1) is 0 Å². The quantitative estimate of drug-likeness (QED) is 0.740. The zero-order chi connectivity index (χ0) is 10.3. The smallest absolute Gasteiger partial charge is 0.0407 e. The molecule has 1 aliphatic heterocycles. The molecule has 1 aromatic rings. The highest BCUT2D eigenvalue weighted by Gasteiger charge is 2.34. The molecule has 0 radical (unpaired) electrons. The van der Waals surface area contributed by atoms with Crippen molar-refractivity contribution >= 4 is 21.6 Å². The molecule has 0 atom stereocenters. The lowest BCUT2D eigenvalue weighted by atomic mass is 9.84. The summed E-state index contributed by atoms with van der Waals surface area (Å²) >= 11 is 3.57. The van der Waals surface area contributed by atoms with Crippen molar-refractivity contribution in [2.45, 2.75) is 20.8 Å². The lowest BCUT2D eigenvalue weighted by Crippen LogP contribution is -2.53. The predicted molar refractivity (Wildman–Crippen MR) is 64.9 cm³/mol. The molecule has 1 saturated heterocycles. The first-order valence-electron chi connectivity index (χ1n) is 5.00. The number of nitrogens with zero attached hydrogens (tertiary/aromatic N) is 1. The van der Waals surface area contributed by atoms with Crippen molar-refractivity contribution in [1.82, 2.24) is 0 Å². The van der Waals surface area contributed by atoms with Crippen LogP contribution < -0.4 is 4.90 Å². The molecular weight excluding hydrogens is 238 g/mol. The summed E-state index contributed by atoms with van der Waals surface area (Å²) in [6.45, 7) is 9.15. The fourth-order valence-electron chi connectivity index (χ4n) is 2.10. The summed E-state index contributed by atoms with van der Waals surface area (Å²) in [5.41, 5.74) is 3.22. The second-order valence-electron chi connectivity index (χ2n) is 4.90. The molecule has 0 spiro atoms. The average molecular weight is 254 g/mol. The summed E-state index contributed by atoms with van der Waals surface area (Å²) in [4.78, 5) is 2.44. The highest BCUT2D eigenvalue weighted by Crippen LogP contribution is 2.36. The fraction of sp³-hybridized carbons (Fsp3) is 0.500. The van der Waals surface area contributed by atoms with Crippen LogP contribution in [0, 0.1) is 12.3 Å². The number of anilines is 1. The van der Waals surface area contributed by atoms with Crippen LogP contribution in [0.4, 0.5) is 5.69 Å². The third-order valence-electron chi connectivity index (χ3n) is 2.82. The highest BCUT2D eigenvalue weighted by atomic mass is 79.9. The summed E-state index contributed by atoms with van der Waals surface area (Å²) in [5, 5.41) is 0.